The number of unbranched alkanes of at least 4 members (excludes halogenated alkanes) is 3. The van der Waals surface area contributed by atoms with Crippen LogP contribution in [0.15, 0.2) is 85.1 Å². The number of rotatable bonds is 16. The van der Waals surface area contributed by atoms with Crippen molar-refractivity contribution in [2.45, 2.75) is 58.3 Å². The minimum absolute atomic E-state index is 0.00699. The molecular formula is C35H38N2O9. The van der Waals surface area contributed by atoms with Crippen molar-refractivity contribution in [2.24, 2.45) is 0 Å². The second kappa shape index (κ2) is 17.8. The third kappa shape index (κ3) is 11.0. The Kier molecular flexibility index (Phi) is 13.0. The maximum atomic E-state index is 13.1. The van der Waals surface area contributed by atoms with Crippen LogP contribution in [0.1, 0.15) is 49.3 Å². The van der Waals surface area contributed by atoms with Gasteiger partial charge in [0, 0.05) is 23.5 Å². The number of H-pyrrole nitrogens is 1. The summed E-state index contributed by atoms with van der Waals surface area (Å²) in [7, 11) is 0. The molecule has 0 saturated carbocycles. The normalized spacial score (nSPS) is 11.3. The molecule has 1 amide bonds. The van der Waals surface area contributed by atoms with Gasteiger partial charge >= 0.3 is 24.2 Å². The number of benzene rings is 3. The van der Waals surface area contributed by atoms with Crippen molar-refractivity contribution in [3.63, 3.8) is 0 Å². The average molecular weight is 631 g/mol. The number of carbonyl (C=O) groups excluding carboxylic acids is 4. The fourth-order valence-corrected chi connectivity index (χ4v) is 4.54. The Morgan fingerprint density at radius 1 is 0.783 bits per heavy atom. The van der Waals surface area contributed by atoms with E-state index in [4.69, 9.17) is 23.7 Å². The van der Waals surface area contributed by atoms with Crippen molar-refractivity contribution in [1.82, 2.24) is 10.3 Å². The van der Waals surface area contributed by atoms with Gasteiger partial charge in [-0.3, -0.25) is 0 Å². The molecule has 3 aromatic carbocycles. The molecule has 46 heavy (non-hydrogen) atoms. The maximum absolute atomic E-state index is 13.1. The predicted octanol–water partition coefficient (Wildman–Crippen LogP) is 6.39. The van der Waals surface area contributed by atoms with Gasteiger partial charge in [-0.25, -0.2) is 19.2 Å². The van der Waals surface area contributed by atoms with E-state index >= 15 is 0 Å². The lowest BCUT2D eigenvalue weighted by Gasteiger charge is -2.17. The van der Waals surface area contributed by atoms with Crippen LogP contribution < -0.4 is 10.1 Å². The van der Waals surface area contributed by atoms with Gasteiger partial charge < -0.3 is 34.0 Å². The first-order valence-electron chi connectivity index (χ1n) is 15.2. The molecule has 0 spiro atoms. The van der Waals surface area contributed by atoms with E-state index < -0.39 is 36.8 Å². The maximum Gasteiger partial charge on any atom is 0.514 e. The van der Waals surface area contributed by atoms with Crippen molar-refractivity contribution in [1.29, 1.82) is 0 Å². The lowest BCUT2D eigenvalue weighted by molar-refractivity contribution is -0.160. The number of hydrogen-bond acceptors (Lipinski definition) is 9. The van der Waals surface area contributed by atoms with Gasteiger partial charge in [0.1, 0.15) is 25.0 Å². The first kappa shape index (κ1) is 33.6. The number of alkyl carbamates (subject to hydrolysis) is 1. The lowest BCUT2D eigenvalue weighted by atomic mass is 10.0. The molecule has 242 valence electrons. The van der Waals surface area contributed by atoms with Crippen LogP contribution in [0.4, 0.5) is 9.59 Å². The second-order valence-corrected chi connectivity index (χ2v) is 10.5. The van der Waals surface area contributed by atoms with Crippen LogP contribution in [0.5, 0.6) is 5.75 Å². The molecule has 1 aromatic heterocycles. The van der Waals surface area contributed by atoms with Crippen molar-refractivity contribution < 1.29 is 42.9 Å². The number of fused-ring (bicyclic) bond motifs is 1. The number of carbonyl (C=O) groups is 4. The van der Waals surface area contributed by atoms with Crippen LogP contribution >= 0.6 is 0 Å². The third-order valence-corrected chi connectivity index (χ3v) is 6.95. The Labute approximate surface area is 267 Å². The van der Waals surface area contributed by atoms with E-state index in [1.807, 2.05) is 48.5 Å². The van der Waals surface area contributed by atoms with E-state index in [0.717, 1.165) is 36.8 Å². The molecule has 0 aliphatic rings. The summed E-state index contributed by atoms with van der Waals surface area (Å²) < 4.78 is 26.3. The van der Waals surface area contributed by atoms with E-state index in [1.165, 1.54) is 0 Å². The van der Waals surface area contributed by atoms with Gasteiger partial charge in [-0.2, -0.15) is 0 Å². The summed E-state index contributed by atoms with van der Waals surface area (Å²) in [5, 5.41) is 3.19. The zero-order valence-electron chi connectivity index (χ0n) is 25.7. The van der Waals surface area contributed by atoms with E-state index in [9.17, 15) is 19.2 Å². The van der Waals surface area contributed by atoms with Crippen molar-refractivity contribution >= 4 is 35.1 Å². The van der Waals surface area contributed by atoms with Gasteiger partial charge in [-0.1, -0.05) is 86.8 Å². The van der Waals surface area contributed by atoms with Gasteiger partial charge in [0.25, 0.3) is 0 Å². The average Bonchev–Trinajstić information content (AvgIpc) is 3.47. The highest BCUT2D eigenvalue weighted by Gasteiger charge is 2.26. The molecular weight excluding hydrogens is 592 g/mol. The van der Waals surface area contributed by atoms with E-state index in [0.29, 0.717) is 16.5 Å². The first-order chi connectivity index (χ1) is 22.4. The summed E-state index contributed by atoms with van der Waals surface area (Å²) in [4.78, 5) is 53.4. The summed E-state index contributed by atoms with van der Waals surface area (Å²) >= 11 is 0. The van der Waals surface area contributed by atoms with E-state index in [-0.39, 0.29) is 32.0 Å². The van der Waals surface area contributed by atoms with Crippen molar-refractivity contribution in [3.8, 4) is 5.75 Å². The fourth-order valence-electron chi connectivity index (χ4n) is 4.54. The quantitative estimate of drug-likeness (QED) is 0.0623. The number of aromatic nitrogens is 1. The molecule has 0 aliphatic heterocycles. The molecule has 0 saturated heterocycles. The van der Waals surface area contributed by atoms with Crippen LogP contribution in [0.25, 0.3) is 10.9 Å². The predicted molar refractivity (Wildman–Crippen MR) is 169 cm³/mol. The first-order valence-corrected chi connectivity index (χ1v) is 15.2. The lowest BCUT2D eigenvalue weighted by Crippen LogP contribution is -2.44. The van der Waals surface area contributed by atoms with Gasteiger partial charge in [-0.05, 0) is 41.3 Å². The number of aromatic amines is 1. The summed E-state index contributed by atoms with van der Waals surface area (Å²) in [6.07, 6.45) is 3.70. The Hall–Kier alpha value is -5.32. The van der Waals surface area contributed by atoms with Crippen LogP contribution in [-0.4, -0.2) is 48.4 Å². The monoisotopic (exact) mass is 630 g/mol. The molecule has 0 unspecified atom stereocenters. The Morgan fingerprint density at radius 3 is 2.17 bits per heavy atom. The van der Waals surface area contributed by atoms with Crippen LogP contribution in [0.2, 0.25) is 0 Å². The highest BCUT2D eigenvalue weighted by Crippen LogP contribution is 2.25. The van der Waals surface area contributed by atoms with E-state index in [1.54, 1.807) is 36.5 Å². The summed E-state index contributed by atoms with van der Waals surface area (Å²) in [5.41, 5.74) is 2.90. The highest BCUT2D eigenvalue weighted by atomic mass is 16.7. The molecule has 11 heteroatoms. The Balaban J connectivity index is 1.40. The van der Waals surface area contributed by atoms with Crippen LogP contribution in [0.3, 0.4) is 0 Å². The molecule has 1 heterocycles. The third-order valence-electron chi connectivity index (χ3n) is 6.95. The molecule has 0 aliphatic carbocycles. The number of nitrogens with one attached hydrogen (secondary N) is 2. The SMILES string of the molecule is CCCCCCOC(=O)COC(=O)[C@H](Cc1c[nH]c2ccc(OC(=O)OCc3ccccc3)cc12)NC(=O)OCc1ccccc1. The van der Waals surface area contributed by atoms with Crippen molar-refractivity contribution in [3.05, 3.63) is 102 Å². The summed E-state index contributed by atoms with van der Waals surface area (Å²) in [5.74, 6) is -1.29. The minimum atomic E-state index is -1.21. The number of hydrogen-bond donors (Lipinski definition) is 2. The van der Waals surface area contributed by atoms with E-state index in [2.05, 4.69) is 17.2 Å². The second-order valence-electron chi connectivity index (χ2n) is 10.5. The van der Waals surface area contributed by atoms with Gasteiger partial charge in [-0.15, -0.1) is 0 Å². The zero-order chi connectivity index (χ0) is 32.6. The fraction of sp³-hybridized carbons (Fsp3) is 0.314. The van der Waals surface area contributed by atoms with Crippen LogP contribution in [-0.2, 0) is 48.2 Å². The molecule has 11 nitrogen and oxygen atoms in total. The van der Waals surface area contributed by atoms with Gasteiger partial charge in [0.15, 0.2) is 6.61 Å². The van der Waals surface area contributed by atoms with Gasteiger partial charge in [0.05, 0.1) is 6.61 Å². The summed E-state index contributed by atoms with van der Waals surface area (Å²) in [6.45, 7) is 1.78. The molecule has 0 radical (unpaired) electrons. The zero-order valence-corrected chi connectivity index (χ0v) is 25.7. The minimum Gasteiger partial charge on any atom is -0.463 e. The number of amides is 1. The van der Waals surface area contributed by atoms with Crippen LogP contribution in [0, 0.1) is 0 Å². The standard InChI is InChI=1S/C35H38N2O9/c1-2-3-4-11-18-42-32(38)24-43-33(39)31(37-34(40)44-22-25-12-7-5-8-13-25)19-27-21-36-30-17-16-28(20-29(27)30)46-35(41)45-23-26-14-9-6-10-15-26/h5-10,12-17,20-21,31,36H,2-4,11,18-19,22-24H2,1H3,(H,37,40)/t31-/m0/s1. The molecule has 0 bridgehead atoms. The molecule has 1 atom stereocenters. The molecule has 0 fully saturated rings. The smallest absolute Gasteiger partial charge is 0.463 e. The van der Waals surface area contributed by atoms with Crippen molar-refractivity contribution in [2.75, 3.05) is 13.2 Å². The Morgan fingerprint density at radius 2 is 1.48 bits per heavy atom. The largest absolute Gasteiger partial charge is 0.514 e. The number of esters is 2. The molecule has 4 rings (SSSR count). The summed E-state index contributed by atoms with van der Waals surface area (Å²) in [6, 6.07) is 22.0. The molecule has 4 aromatic rings. The Bertz CT molecular complexity index is 1570. The highest BCUT2D eigenvalue weighted by molar-refractivity contribution is 5.88. The van der Waals surface area contributed by atoms with Gasteiger partial charge in [0.2, 0.25) is 0 Å². The molecule has 2 N–H and O–H groups in total. The topological polar surface area (TPSA) is 142 Å². The number of ether oxygens (including phenoxy) is 5.